The van der Waals surface area contributed by atoms with Crippen LogP contribution in [0.5, 0.6) is 0 Å². The summed E-state index contributed by atoms with van der Waals surface area (Å²) < 4.78 is 0. The van der Waals surface area contributed by atoms with Gasteiger partial charge in [-0.25, -0.2) is 4.98 Å². The van der Waals surface area contributed by atoms with E-state index >= 15 is 0 Å². The first kappa shape index (κ1) is 9.02. The fourth-order valence-corrected chi connectivity index (χ4v) is 1.02. The molecule has 0 aliphatic rings. The van der Waals surface area contributed by atoms with Gasteiger partial charge in [-0.2, -0.15) is 10.5 Å². The molecule has 0 aliphatic heterocycles. The summed E-state index contributed by atoms with van der Waals surface area (Å²) in [5.41, 5.74) is 1.28. The van der Waals surface area contributed by atoms with Gasteiger partial charge in [-0.05, 0) is 18.6 Å². The number of anilines is 1. The topological polar surface area (TPSA) is 72.5 Å². The van der Waals surface area contributed by atoms with E-state index in [9.17, 15) is 0 Å². The second-order valence-corrected chi connectivity index (χ2v) is 2.52. The van der Waals surface area contributed by atoms with Crippen molar-refractivity contribution in [3.63, 3.8) is 0 Å². The predicted molar refractivity (Wildman–Crippen MR) is 48.0 cm³/mol. The highest BCUT2D eigenvalue weighted by Gasteiger charge is 2.07. The lowest BCUT2D eigenvalue weighted by Gasteiger charge is -2.03. The summed E-state index contributed by atoms with van der Waals surface area (Å²) in [5.74, 6) is 0.605. The zero-order valence-corrected chi connectivity index (χ0v) is 7.42. The van der Waals surface area contributed by atoms with Gasteiger partial charge in [-0.3, -0.25) is 0 Å². The van der Waals surface area contributed by atoms with E-state index in [1.807, 2.05) is 12.1 Å². The first-order valence-electron chi connectivity index (χ1n) is 3.72. The van der Waals surface area contributed by atoms with Crippen LogP contribution in [0.4, 0.5) is 5.82 Å². The molecule has 0 saturated carbocycles. The second-order valence-electron chi connectivity index (χ2n) is 2.52. The minimum Gasteiger partial charge on any atom is -0.373 e. The Bertz CT molecular complexity index is 409. The highest BCUT2D eigenvalue weighted by molar-refractivity contribution is 5.52. The van der Waals surface area contributed by atoms with Crippen molar-refractivity contribution < 1.29 is 0 Å². The van der Waals surface area contributed by atoms with E-state index in [1.165, 1.54) is 0 Å². The normalized spacial score (nSPS) is 8.62. The Labute approximate surface area is 76.4 Å². The smallest absolute Gasteiger partial charge is 0.160 e. The summed E-state index contributed by atoms with van der Waals surface area (Å²) in [7, 11) is 1.72. The number of pyridine rings is 1. The van der Waals surface area contributed by atoms with E-state index in [0.717, 1.165) is 5.56 Å². The van der Waals surface area contributed by atoms with Crippen LogP contribution in [-0.2, 0) is 0 Å². The summed E-state index contributed by atoms with van der Waals surface area (Å²) in [5, 5.41) is 20.3. The molecule has 0 radical (unpaired) electrons. The summed E-state index contributed by atoms with van der Waals surface area (Å²) in [4.78, 5) is 3.95. The molecule has 4 heteroatoms. The molecule has 4 nitrogen and oxygen atoms in total. The maximum atomic E-state index is 8.73. The summed E-state index contributed by atoms with van der Waals surface area (Å²) in [6.45, 7) is 1.78. The van der Waals surface area contributed by atoms with Crippen molar-refractivity contribution in [2.24, 2.45) is 0 Å². The highest BCUT2D eigenvalue weighted by atomic mass is 15.0. The van der Waals surface area contributed by atoms with E-state index in [2.05, 4.69) is 10.3 Å². The summed E-state index contributed by atoms with van der Waals surface area (Å²) >= 11 is 0. The van der Waals surface area contributed by atoms with Gasteiger partial charge in [0.05, 0.1) is 5.56 Å². The Kier molecular flexibility index (Phi) is 2.47. The average Bonchev–Trinajstić information content (AvgIpc) is 2.16. The van der Waals surface area contributed by atoms with Crippen molar-refractivity contribution in [2.45, 2.75) is 6.92 Å². The first-order chi connectivity index (χ1) is 6.22. The molecule has 1 aromatic heterocycles. The molecular formula is C9H8N4. The largest absolute Gasteiger partial charge is 0.373 e. The van der Waals surface area contributed by atoms with Gasteiger partial charge in [0.2, 0.25) is 0 Å². The lowest BCUT2D eigenvalue weighted by atomic mass is 10.1. The number of rotatable bonds is 1. The van der Waals surface area contributed by atoms with Crippen LogP contribution >= 0.6 is 0 Å². The fraction of sp³-hybridized carbons (Fsp3) is 0.222. The third-order valence-corrected chi connectivity index (χ3v) is 1.69. The van der Waals surface area contributed by atoms with Gasteiger partial charge in [-0.1, -0.05) is 0 Å². The minimum atomic E-state index is 0.173. The van der Waals surface area contributed by atoms with Crippen LogP contribution < -0.4 is 5.32 Å². The average molecular weight is 172 g/mol. The standard InChI is InChI=1S/C9H8N4/c1-6-3-9(12-2)13-8(5-11)7(6)4-10/h3H,1-2H3,(H,12,13). The third-order valence-electron chi connectivity index (χ3n) is 1.69. The molecule has 1 rings (SSSR count). The molecule has 1 heterocycles. The van der Waals surface area contributed by atoms with E-state index < -0.39 is 0 Å². The van der Waals surface area contributed by atoms with Gasteiger partial charge >= 0.3 is 0 Å². The van der Waals surface area contributed by atoms with Crippen LogP contribution in [0.2, 0.25) is 0 Å². The number of aryl methyl sites for hydroxylation is 1. The van der Waals surface area contributed by atoms with Crippen LogP contribution in [0.1, 0.15) is 16.8 Å². The van der Waals surface area contributed by atoms with Crippen molar-refractivity contribution >= 4 is 5.82 Å². The summed E-state index contributed by atoms with van der Waals surface area (Å²) in [6.07, 6.45) is 0. The van der Waals surface area contributed by atoms with Gasteiger partial charge in [0, 0.05) is 7.05 Å². The molecule has 0 atom stereocenters. The zero-order valence-electron chi connectivity index (χ0n) is 7.42. The Hall–Kier alpha value is -2.07. The molecule has 0 bridgehead atoms. The van der Waals surface area contributed by atoms with Gasteiger partial charge < -0.3 is 5.32 Å². The summed E-state index contributed by atoms with van der Waals surface area (Å²) in [6, 6.07) is 5.58. The quantitative estimate of drug-likeness (QED) is 0.690. The molecule has 0 unspecified atom stereocenters. The molecule has 0 saturated heterocycles. The molecule has 0 aliphatic carbocycles. The zero-order chi connectivity index (χ0) is 9.84. The van der Waals surface area contributed by atoms with E-state index in [1.54, 1.807) is 20.0 Å². The molecule has 0 aromatic carbocycles. The Morgan fingerprint density at radius 2 is 2.08 bits per heavy atom. The van der Waals surface area contributed by atoms with Crippen molar-refractivity contribution in [2.75, 3.05) is 12.4 Å². The van der Waals surface area contributed by atoms with E-state index in [0.29, 0.717) is 11.4 Å². The lowest BCUT2D eigenvalue weighted by Crippen LogP contribution is -1.99. The maximum absolute atomic E-state index is 8.73. The van der Waals surface area contributed by atoms with E-state index in [-0.39, 0.29) is 5.69 Å². The molecular weight excluding hydrogens is 164 g/mol. The molecule has 1 aromatic rings. The number of nitrogens with zero attached hydrogens (tertiary/aromatic N) is 3. The molecule has 64 valence electrons. The SMILES string of the molecule is CNc1cc(C)c(C#N)c(C#N)n1. The number of nitriles is 2. The monoisotopic (exact) mass is 172 g/mol. The van der Waals surface area contributed by atoms with Gasteiger partial charge in [0.15, 0.2) is 5.69 Å². The molecule has 1 N–H and O–H groups in total. The van der Waals surface area contributed by atoms with Crippen LogP contribution in [0, 0.1) is 29.6 Å². The third kappa shape index (κ3) is 1.57. The highest BCUT2D eigenvalue weighted by Crippen LogP contribution is 2.14. The van der Waals surface area contributed by atoms with Crippen molar-refractivity contribution in [3.8, 4) is 12.1 Å². The molecule has 0 spiro atoms. The van der Waals surface area contributed by atoms with Gasteiger partial charge in [-0.15, -0.1) is 0 Å². The van der Waals surface area contributed by atoms with Gasteiger partial charge in [0.25, 0.3) is 0 Å². The molecule has 13 heavy (non-hydrogen) atoms. The van der Waals surface area contributed by atoms with Gasteiger partial charge in [0.1, 0.15) is 18.0 Å². The second kappa shape index (κ2) is 3.55. The van der Waals surface area contributed by atoms with Crippen LogP contribution in [0.3, 0.4) is 0 Å². The van der Waals surface area contributed by atoms with Crippen molar-refractivity contribution in [1.29, 1.82) is 10.5 Å². The molecule has 0 fully saturated rings. The van der Waals surface area contributed by atoms with Crippen LogP contribution in [-0.4, -0.2) is 12.0 Å². The van der Waals surface area contributed by atoms with Crippen LogP contribution in [0.25, 0.3) is 0 Å². The minimum absolute atomic E-state index is 0.173. The predicted octanol–water partition coefficient (Wildman–Crippen LogP) is 1.18. The number of hydrogen-bond donors (Lipinski definition) is 1. The Morgan fingerprint density at radius 3 is 2.54 bits per heavy atom. The van der Waals surface area contributed by atoms with E-state index in [4.69, 9.17) is 10.5 Å². The van der Waals surface area contributed by atoms with Crippen molar-refractivity contribution in [1.82, 2.24) is 4.98 Å². The number of nitrogens with one attached hydrogen (secondary N) is 1. The maximum Gasteiger partial charge on any atom is 0.160 e. The fourth-order valence-electron chi connectivity index (χ4n) is 1.02. The first-order valence-corrected chi connectivity index (χ1v) is 3.72. The lowest BCUT2D eigenvalue weighted by molar-refractivity contribution is 1.19. The van der Waals surface area contributed by atoms with Crippen LogP contribution in [0.15, 0.2) is 6.07 Å². The number of aromatic nitrogens is 1. The Balaban J connectivity index is 3.42. The Morgan fingerprint density at radius 1 is 1.38 bits per heavy atom. The van der Waals surface area contributed by atoms with Crippen molar-refractivity contribution in [3.05, 3.63) is 22.9 Å². The number of hydrogen-bond acceptors (Lipinski definition) is 4. The molecule has 0 amide bonds.